The van der Waals surface area contributed by atoms with Crippen LogP contribution in [0.4, 0.5) is 5.69 Å². The van der Waals surface area contributed by atoms with Crippen LogP contribution < -0.4 is 0 Å². The van der Waals surface area contributed by atoms with Gasteiger partial charge in [0.15, 0.2) is 0 Å². The van der Waals surface area contributed by atoms with Crippen molar-refractivity contribution in [1.82, 2.24) is 9.78 Å². The minimum atomic E-state index is -0.487. The van der Waals surface area contributed by atoms with E-state index in [-0.39, 0.29) is 5.69 Å². The first-order valence-corrected chi connectivity index (χ1v) is 4.50. The molecule has 2 aromatic rings. The van der Waals surface area contributed by atoms with E-state index in [4.69, 9.17) is 11.6 Å². The zero-order chi connectivity index (χ0) is 10.8. The van der Waals surface area contributed by atoms with Crippen LogP contribution in [0.5, 0.6) is 0 Å². The molecule has 0 amide bonds. The summed E-state index contributed by atoms with van der Waals surface area (Å²) < 4.78 is 1.55. The zero-order valence-corrected chi connectivity index (χ0v) is 8.26. The first kappa shape index (κ1) is 9.67. The maximum absolute atomic E-state index is 10.5. The van der Waals surface area contributed by atoms with Gasteiger partial charge in [-0.05, 0) is 12.1 Å². The summed E-state index contributed by atoms with van der Waals surface area (Å²) in [5, 5.41) is 14.8. The molecule has 0 saturated carbocycles. The lowest BCUT2D eigenvalue weighted by Crippen LogP contribution is -1.96. The Bertz CT molecular complexity index is 496. The van der Waals surface area contributed by atoms with Gasteiger partial charge in [0.1, 0.15) is 0 Å². The highest BCUT2D eigenvalue weighted by Crippen LogP contribution is 2.24. The summed E-state index contributed by atoms with van der Waals surface area (Å²) >= 11 is 5.90. The van der Waals surface area contributed by atoms with Gasteiger partial charge in [-0.15, -0.1) is 0 Å². The number of nitro benzene ring substituents is 1. The molecule has 76 valence electrons. The molecule has 1 heterocycles. The molecule has 0 atom stereocenters. The van der Waals surface area contributed by atoms with E-state index in [1.54, 1.807) is 29.2 Å². The third-order valence-electron chi connectivity index (χ3n) is 1.89. The third kappa shape index (κ3) is 1.82. The van der Waals surface area contributed by atoms with Crippen LogP contribution in [-0.4, -0.2) is 14.7 Å². The van der Waals surface area contributed by atoms with Crippen molar-refractivity contribution in [2.75, 3.05) is 0 Å². The van der Waals surface area contributed by atoms with Crippen LogP contribution in [0.25, 0.3) is 5.69 Å². The standard InChI is InChI=1S/C9H6ClN3O2/c10-8-6-7(13(14)15)2-3-9(8)12-5-1-4-11-12/h1-6H. The van der Waals surface area contributed by atoms with E-state index in [0.717, 1.165) is 0 Å². The van der Waals surface area contributed by atoms with Crippen LogP contribution in [0.1, 0.15) is 0 Å². The largest absolute Gasteiger partial charge is 0.271 e. The maximum atomic E-state index is 10.5. The molecular formula is C9H6ClN3O2. The molecule has 1 aromatic carbocycles. The number of benzene rings is 1. The molecule has 0 radical (unpaired) electrons. The highest BCUT2D eigenvalue weighted by molar-refractivity contribution is 6.32. The zero-order valence-electron chi connectivity index (χ0n) is 7.50. The maximum Gasteiger partial charge on any atom is 0.271 e. The van der Waals surface area contributed by atoms with E-state index in [9.17, 15) is 10.1 Å². The molecule has 0 unspecified atom stereocenters. The van der Waals surface area contributed by atoms with Crippen molar-refractivity contribution >= 4 is 17.3 Å². The first-order chi connectivity index (χ1) is 7.18. The summed E-state index contributed by atoms with van der Waals surface area (Å²) in [4.78, 5) is 9.99. The Morgan fingerprint density at radius 2 is 2.27 bits per heavy atom. The molecule has 0 spiro atoms. The van der Waals surface area contributed by atoms with Crippen molar-refractivity contribution in [3.05, 3.63) is 51.8 Å². The van der Waals surface area contributed by atoms with Gasteiger partial charge in [0.05, 0.1) is 15.6 Å². The SMILES string of the molecule is O=[N+]([O-])c1ccc(-n2cccn2)c(Cl)c1. The third-order valence-corrected chi connectivity index (χ3v) is 2.20. The Labute approximate surface area is 90.1 Å². The fraction of sp³-hybridized carbons (Fsp3) is 0. The minimum absolute atomic E-state index is 0.0316. The highest BCUT2D eigenvalue weighted by atomic mass is 35.5. The van der Waals surface area contributed by atoms with E-state index in [2.05, 4.69) is 5.10 Å². The second-order valence-electron chi connectivity index (χ2n) is 2.84. The number of halogens is 1. The number of hydrogen-bond donors (Lipinski definition) is 0. The molecule has 0 fully saturated rings. The Morgan fingerprint density at radius 3 is 2.80 bits per heavy atom. The van der Waals surface area contributed by atoms with Gasteiger partial charge in [0.25, 0.3) is 5.69 Å². The second-order valence-corrected chi connectivity index (χ2v) is 3.25. The van der Waals surface area contributed by atoms with Crippen LogP contribution in [0.2, 0.25) is 5.02 Å². The summed E-state index contributed by atoms with van der Waals surface area (Å²) in [7, 11) is 0. The Kier molecular flexibility index (Phi) is 2.39. The van der Waals surface area contributed by atoms with Crippen molar-refractivity contribution in [2.45, 2.75) is 0 Å². The van der Waals surface area contributed by atoms with E-state index in [1.165, 1.54) is 12.1 Å². The molecule has 15 heavy (non-hydrogen) atoms. The van der Waals surface area contributed by atoms with Crippen molar-refractivity contribution in [3.63, 3.8) is 0 Å². The van der Waals surface area contributed by atoms with Crippen LogP contribution in [0, 0.1) is 10.1 Å². The van der Waals surface area contributed by atoms with Crippen LogP contribution >= 0.6 is 11.6 Å². The molecule has 0 aliphatic heterocycles. The molecule has 2 rings (SSSR count). The lowest BCUT2D eigenvalue weighted by Gasteiger charge is -2.03. The smallest absolute Gasteiger partial charge is 0.258 e. The van der Waals surface area contributed by atoms with E-state index in [1.807, 2.05) is 0 Å². The van der Waals surface area contributed by atoms with E-state index in [0.29, 0.717) is 10.7 Å². The summed E-state index contributed by atoms with van der Waals surface area (Å²) in [5.74, 6) is 0. The lowest BCUT2D eigenvalue weighted by atomic mass is 10.3. The van der Waals surface area contributed by atoms with Crippen LogP contribution in [0.3, 0.4) is 0 Å². The van der Waals surface area contributed by atoms with E-state index < -0.39 is 4.92 Å². The molecule has 0 aliphatic rings. The van der Waals surface area contributed by atoms with Gasteiger partial charge < -0.3 is 0 Å². The molecule has 1 aromatic heterocycles. The number of rotatable bonds is 2. The predicted molar refractivity (Wildman–Crippen MR) is 55.2 cm³/mol. The Morgan fingerprint density at radius 1 is 1.47 bits per heavy atom. The molecule has 0 saturated heterocycles. The predicted octanol–water partition coefficient (Wildman–Crippen LogP) is 2.43. The Balaban J connectivity index is 2.48. The first-order valence-electron chi connectivity index (χ1n) is 4.12. The van der Waals surface area contributed by atoms with Crippen molar-refractivity contribution < 1.29 is 4.92 Å². The minimum Gasteiger partial charge on any atom is -0.258 e. The quantitative estimate of drug-likeness (QED) is 0.580. The molecule has 6 heteroatoms. The highest BCUT2D eigenvalue weighted by Gasteiger charge is 2.10. The fourth-order valence-corrected chi connectivity index (χ4v) is 1.47. The normalized spacial score (nSPS) is 10.2. The van der Waals surface area contributed by atoms with Gasteiger partial charge in [-0.1, -0.05) is 11.6 Å². The topological polar surface area (TPSA) is 61.0 Å². The summed E-state index contributed by atoms with van der Waals surface area (Å²) in [6.45, 7) is 0. The van der Waals surface area contributed by atoms with Gasteiger partial charge in [-0.2, -0.15) is 5.10 Å². The van der Waals surface area contributed by atoms with Gasteiger partial charge in [-0.3, -0.25) is 10.1 Å². The van der Waals surface area contributed by atoms with E-state index >= 15 is 0 Å². The molecule has 5 nitrogen and oxygen atoms in total. The summed E-state index contributed by atoms with van der Waals surface area (Å²) in [5.41, 5.74) is 0.586. The average Bonchev–Trinajstić information content (AvgIpc) is 2.70. The number of non-ortho nitro benzene ring substituents is 1. The summed E-state index contributed by atoms with van der Waals surface area (Å²) in [6.07, 6.45) is 3.32. The number of aromatic nitrogens is 2. The molecule has 0 aliphatic carbocycles. The monoisotopic (exact) mass is 223 g/mol. The van der Waals surface area contributed by atoms with Crippen LogP contribution in [0.15, 0.2) is 36.7 Å². The van der Waals surface area contributed by atoms with Crippen molar-refractivity contribution in [2.24, 2.45) is 0 Å². The van der Waals surface area contributed by atoms with Gasteiger partial charge >= 0.3 is 0 Å². The molecule has 0 N–H and O–H groups in total. The lowest BCUT2D eigenvalue weighted by molar-refractivity contribution is -0.384. The average molecular weight is 224 g/mol. The van der Waals surface area contributed by atoms with Crippen molar-refractivity contribution in [1.29, 1.82) is 0 Å². The van der Waals surface area contributed by atoms with Gasteiger partial charge in [0, 0.05) is 24.5 Å². The number of hydrogen-bond acceptors (Lipinski definition) is 3. The summed E-state index contributed by atoms with van der Waals surface area (Å²) in [6, 6.07) is 6.01. The second kappa shape index (κ2) is 3.70. The number of nitro groups is 1. The number of nitrogens with zero attached hydrogens (tertiary/aromatic N) is 3. The van der Waals surface area contributed by atoms with Crippen LogP contribution in [-0.2, 0) is 0 Å². The molecular weight excluding hydrogens is 218 g/mol. The fourth-order valence-electron chi connectivity index (χ4n) is 1.21. The van der Waals surface area contributed by atoms with Gasteiger partial charge in [-0.25, -0.2) is 4.68 Å². The van der Waals surface area contributed by atoms with Crippen molar-refractivity contribution in [3.8, 4) is 5.69 Å². The van der Waals surface area contributed by atoms with Gasteiger partial charge in [0.2, 0.25) is 0 Å². The Hall–Kier alpha value is -1.88. The molecule has 0 bridgehead atoms.